The molecule has 8 nitrogen and oxygen atoms in total. The van der Waals surface area contributed by atoms with Crippen LogP contribution in [-0.2, 0) is 0 Å². The summed E-state index contributed by atoms with van der Waals surface area (Å²) >= 11 is 0. The van der Waals surface area contributed by atoms with E-state index in [4.69, 9.17) is 15.0 Å². The summed E-state index contributed by atoms with van der Waals surface area (Å²) in [5, 5.41) is 34.4. The molecule has 0 radical (unpaired) electrons. The van der Waals surface area contributed by atoms with Crippen LogP contribution in [0.25, 0.3) is 123 Å². The van der Waals surface area contributed by atoms with E-state index in [1.54, 1.807) is 0 Å². The van der Waals surface area contributed by atoms with E-state index in [1.165, 1.54) is 0 Å². The summed E-state index contributed by atoms with van der Waals surface area (Å²) in [7, 11) is 0. The number of nitriles is 3. The SMILES string of the molecule is N#Cc1ccc(-c2ccccc2-c2nc(-c3cc(-c4cccc(C#N)c4)cc(-n4c5ccccc5c5ccccc54)c3)nc(-c3cc(-c4cccc(C#N)c4)cc(-n4c5ccccc5c5ccccc54)c3)n2)cc1. The Morgan fingerprint density at radius 1 is 0.270 bits per heavy atom. The lowest BCUT2D eigenvalue weighted by atomic mass is 9.97. The Balaban J connectivity index is 1.11. The van der Waals surface area contributed by atoms with Crippen LogP contribution in [0, 0.1) is 34.0 Å². The number of nitrogens with zero attached hydrogens (tertiary/aromatic N) is 8. The molecule has 0 bridgehead atoms. The van der Waals surface area contributed by atoms with Gasteiger partial charge in [0.05, 0.1) is 57.0 Å². The van der Waals surface area contributed by atoms with Crippen LogP contribution >= 0.6 is 0 Å². The number of rotatable bonds is 8. The molecule has 0 unspecified atom stereocenters. The van der Waals surface area contributed by atoms with Crippen LogP contribution in [0.1, 0.15) is 16.7 Å². The first-order valence-corrected chi connectivity index (χ1v) is 24.2. The number of para-hydroxylation sites is 4. The number of fused-ring (bicyclic) bond motifs is 6. The van der Waals surface area contributed by atoms with Crippen molar-refractivity contribution < 1.29 is 0 Å². The summed E-state index contributed by atoms with van der Waals surface area (Å²) in [4.78, 5) is 16.3. The van der Waals surface area contributed by atoms with Crippen molar-refractivity contribution in [3.8, 4) is 97.1 Å². The fraction of sp³-hybridized carbons (Fsp3) is 0. The molecular formula is C66H38N8. The molecule has 3 heterocycles. The van der Waals surface area contributed by atoms with Gasteiger partial charge in [0.15, 0.2) is 17.5 Å². The minimum atomic E-state index is 0.440. The third-order valence-corrected chi connectivity index (χ3v) is 13.8. The van der Waals surface area contributed by atoms with Crippen molar-refractivity contribution in [3.05, 3.63) is 247 Å². The summed E-state index contributed by atoms with van der Waals surface area (Å²) in [6, 6.07) is 84.4. The largest absolute Gasteiger partial charge is 0.309 e. The van der Waals surface area contributed by atoms with Crippen LogP contribution in [0.15, 0.2) is 231 Å². The lowest BCUT2D eigenvalue weighted by molar-refractivity contribution is 1.07. The second-order valence-electron chi connectivity index (χ2n) is 18.2. The highest BCUT2D eigenvalue weighted by Gasteiger charge is 2.21. The molecule has 3 aromatic heterocycles. The van der Waals surface area contributed by atoms with Gasteiger partial charge >= 0.3 is 0 Å². The first-order chi connectivity index (χ1) is 36.5. The highest BCUT2D eigenvalue weighted by atomic mass is 15.0. The zero-order chi connectivity index (χ0) is 49.7. The molecule has 0 saturated carbocycles. The third kappa shape index (κ3) is 7.50. The van der Waals surface area contributed by atoms with E-state index in [2.05, 4.69) is 161 Å². The van der Waals surface area contributed by atoms with Gasteiger partial charge in [-0.2, -0.15) is 15.8 Å². The second kappa shape index (κ2) is 17.9. The van der Waals surface area contributed by atoms with Gasteiger partial charge in [-0.3, -0.25) is 0 Å². The van der Waals surface area contributed by atoms with Crippen LogP contribution in [0.5, 0.6) is 0 Å². The van der Waals surface area contributed by atoms with Crippen molar-refractivity contribution in [3.63, 3.8) is 0 Å². The number of hydrogen-bond acceptors (Lipinski definition) is 6. The Morgan fingerprint density at radius 3 is 1.08 bits per heavy atom. The van der Waals surface area contributed by atoms with Crippen LogP contribution in [-0.4, -0.2) is 24.1 Å². The molecule has 0 fully saturated rings. The minimum absolute atomic E-state index is 0.440. The van der Waals surface area contributed by atoms with Crippen LogP contribution in [0.2, 0.25) is 0 Å². The predicted molar refractivity (Wildman–Crippen MR) is 295 cm³/mol. The lowest BCUT2D eigenvalue weighted by Gasteiger charge is -2.16. The third-order valence-electron chi connectivity index (χ3n) is 13.8. The van der Waals surface area contributed by atoms with E-state index >= 15 is 0 Å². The van der Waals surface area contributed by atoms with Crippen LogP contribution in [0.3, 0.4) is 0 Å². The Kier molecular flexibility index (Phi) is 10.5. The minimum Gasteiger partial charge on any atom is -0.309 e. The van der Waals surface area contributed by atoms with Gasteiger partial charge in [-0.05, 0) is 130 Å². The molecule has 342 valence electrons. The molecule has 13 aromatic rings. The Labute approximate surface area is 425 Å². The fourth-order valence-corrected chi connectivity index (χ4v) is 10.4. The maximum atomic E-state index is 10.1. The summed E-state index contributed by atoms with van der Waals surface area (Å²) in [6.07, 6.45) is 0. The molecule has 0 amide bonds. The first-order valence-electron chi connectivity index (χ1n) is 24.2. The van der Waals surface area contributed by atoms with E-state index in [0.29, 0.717) is 34.2 Å². The van der Waals surface area contributed by atoms with Gasteiger partial charge in [-0.15, -0.1) is 0 Å². The monoisotopic (exact) mass is 942 g/mol. The van der Waals surface area contributed by atoms with Gasteiger partial charge in [-0.1, -0.05) is 133 Å². The van der Waals surface area contributed by atoms with Gasteiger partial charge in [0.1, 0.15) is 0 Å². The van der Waals surface area contributed by atoms with E-state index in [9.17, 15) is 15.8 Å². The Bertz CT molecular complexity index is 4190. The summed E-state index contributed by atoms with van der Waals surface area (Å²) in [6.45, 7) is 0. The van der Waals surface area contributed by atoms with Crippen molar-refractivity contribution in [1.29, 1.82) is 15.8 Å². The standard InChI is InChI=1S/C66H38N8/c67-39-42-27-29-45(30-28-42)54-17-1-2-22-59(54)66-71-64(50-33-48(46-15-11-13-43(31-46)40-68)35-52(37-50)73-60-23-7-3-18-55(60)56-19-4-8-24-61(56)73)70-65(72-66)51-34-49(47-16-12-14-44(32-47)41-69)36-53(38-51)74-62-25-9-5-20-57(62)58-21-6-10-26-63(58)74/h1-38H. The molecule has 0 saturated heterocycles. The summed E-state index contributed by atoms with van der Waals surface area (Å²) in [5.74, 6) is 1.33. The molecular weight excluding hydrogens is 905 g/mol. The summed E-state index contributed by atoms with van der Waals surface area (Å²) in [5.41, 5.74) is 15.2. The van der Waals surface area contributed by atoms with Gasteiger partial charge in [0.25, 0.3) is 0 Å². The second-order valence-corrected chi connectivity index (χ2v) is 18.2. The van der Waals surface area contributed by atoms with Crippen LogP contribution < -0.4 is 0 Å². The predicted octanol–water partition coefficient (Wildman–Crippen LogP) is 15.7. The maximum Gasteiger partial charge on any atom is 0.164 e. The zero-order valence-corrected chi connectivity index (χ0v) is 39.5. The molecule has 0 N–H and O–H groups in total. The Morgan fingerprint density at radius 2 is 0.649 bits per heavy atom. The Hall–Kier alpha value is -10.7. The van der Waals surface area contributed by atoms with Crippen molar-refractivity contribution in [1.82, 2.24) is 24.1 Å². The average molecular weight is 943 g/mol. The molecule has 74 heavy (non-hydrogen) atoms. The topological polar surface area (TPSA) is 120 Å². The molecule has 0 aliphatic carbocycles. The molecule has 10 aromatic carbocycles. The van der Waals surface area contributed by atoms with Crippen molar-refractivity contribution in [2.45, 2.75) is 0 Å². The van der Waals surface area contributed by atoms with Gasteiger partial charge < -0.3 is 9.13 Å². The first kappa shape index (κ1) is 43.3. The fourth-order valence-electron chi connectivity index (χ4n) is 10.4. The van der Waals surface area contributed by atoms with Crippen molar-refractivity contribution in [2.24, 2.45) is 0 Å². The number of hydrogen-bond donors (Lipinski definition) is 0. The molecule has 0 aliphatic rings. The maximum absolute atomic E-state index is 10.1. The number of benzene rings is 10. The molecule has 8 heteroatoms. The van der Waals surface area contributed by atoms with Gasteiger partial charge in [-0.25, -0.2) is 15.0 Å². The molecule has 0 aliphatic heterocycles. The molecule has 0 spiro atoms. The van der Waals surface area contributed by atoms with E-state index in [-0.39, 0.29) is 0 Å². The highest BCUT2D eigenvalue weighted by Crippen LogP contribution is 2.40. The lowest BCUT2D eigenvalue weighted by Crippen LogP contribution is -2.03. The number of aromatic nitrogens is 5. The molecule has 13 rings (SSSR count). The van der Waals surface area contributed by atoms with Gasteiger partial charge in [0.2, 0.25) is 0 Å². The van der Waals surface area contributed by atoms with E-state index in [0.717, 1.165) is 105 Å². The van der Waals surface area contributed by atoms with Crippen LogP contribution in [0.4, 0.5) is 0 Å². The van der Waals surface area contributed by atoms with E-state index < -0.39 is 0 Å². The summed E-state index contributed by atoms with van der Waals surface area (Å²) < 4.78 is 4.57. The zero-order valence-electron chi connectivity index (χ0n) is 39.5. The van der Waals surface area contributed by atoms with Gasteiger partial charge in [0, 0.05) is 49.6 Å². The highest BCUT2D eigenvalue weighted by molar-refractivity contribution is 6.10. The smallest absolute Gasteiger partial charge is 0.164 e. The van der Waals surface area contributed by atoms with Crippen molar-refractivity contribution >= 4 is 43.6 Å². The molecule has 0 atom stereocenters. The quantitative estimate of drug-likeness (QED) is 0.150. The van der Waals surface area contributed by atoms with E-state index in [1.807, 2.05) is 97.1 Å². The normalized spacial score (nSPS) is 11.2. The van der Waals surface area contributed by atoms with Crippen molar-refractivity contribution in [2.75, 3.05) is 0 Å². The average Bonchev–Trinajstić information content (AvgIpc) is 4.03.